The van der Waals surface area contributed by atoms with Crippen molar-refractivity contribution < 1.29 is 32.6 Å². The number of methoxy groups -OCH3 is 1. The number of benzene rings is 4. The van der Waals surface area contributed by atoms with Crippen molar-refractivity contribution in [3.8, 4) is 17.0 Å². The number of carboxylic acids is 1. The van der Waals surface area contributed by atoms with E-state index in [9.17, 15) is 32.7 Å². The lowest BCUT2D eigenvalue weighted by Gasteiger charge is -2.21. The Labute approximate surface area is 280 Å². The number of alkyl halides is 3. The normalized spacial score (nSPS) is 11.3. The van der Waals surface area contributed by atoms with Gasteiger partial charge in [0, 0.05) is 39.9 Å². The number of aliphatic carboxylic acids is 1. The molecular formula is C35H28BrF3N4O5. The molecule has 0 saturated heterocycles. The number of nitrogens with zero attached hydrogens (tertiary/aromatic N) is 2. The van der Waals surface area contributed by atoms with Crippen LogP contribution in [0.4, 0.5) is 18.9 Å². The minimum atomic E-state index is -4.58. The van der Waals surface area contributed by atoms with E-state index >= 15 is 0 Å². The third-order valence-corrected chi connectivity index (χ3v) is 7.87. The first-order chi connectivity index (χ1) is 22.8. The number of carbonyl (C=O) groups is 2. The highest BCUT2D eigenvalue weighted by Crippen LogP contribution is 2.35. The van der Waals surface area contributed by atoms with Crippen LogP contribution in [0, 0.1) is 0 Å². The predicted molar refractivity (Wildman–Crippen MR) is 179 cm³/mol. The van der Waals surface area contributed by atoms with Gasteiger partial charge in [-0.1, -0.05) is 46.8 Å². The molecule has 4 aromatic carbocycles. The third kappa shape index (κ3) is 8.10. The lowest BCUT2D eigenvalue weighted by Crippen LogP contribution is -2.35. The number of rotatable bonds is 11. The van der Waals surface area contributed by atoms with E-state index in [1.165, 1.54) is 31.4 Å². The fourth-order valence-corrected chi connectivity index (χ4v) is 5.34. The number of fused-ring (bicyclic) bond motifs is 1. The number of aromatic nitrogens is 2. The lowest BCUT2D eigenvalue weighted by molar-refractivity contribution is -0.139. The molecule has 5 aromatic rings. The molecule has 246 valence electrons. The van der Waals surface area contributed by atoms with Gasteiger partial charge < -0.3 is 25.0 Å². The maximum absolute atomic E-state index is 13.6. The first kappa shape index (κ1) is 33.9. The summed E-state index contributed by atoms with van der Waals surface area (Å²) in [7, 11) is 1.29. The van der Waals surface area contributed by atoms with Gasteiger partial charge in [0.2, 0.25) is 0 Å². The summed E-state index contributed by atoms with van der Waals surface area (Å²) < 4.78 is 46.6. The Morgan fingerprint density at radius 1 is 1.02 bits per heavy atom. The van der Waals surface area contributed by atoms with Crippen LogP contribution in [0.15, 0.2) is 106 Å². The molecule has 5 rings (SSSR count). The zero-order valence-electron chi connectivity index (χ0n) is 25.4. The Kier molecular flexibility index (Phi) is 9.99. The number of anilines is 1. The SMILES string of the molecule is C=C(Cc1ccc(OC)cc1C(F)(F)F)Nc1ccc(C(=O)N(CC(=O)O)Cc2ccc3nc(-c4ccc(Br)cc4)c(=O)[nH]c3c2)cc1. The van der Waals surface area contributed by atoms with E-state index in [0.29, 0.717) is 27.8 Å². The van der Waals surface area contributed by atoms with Gasteiger partial charge in [0.05, 0.1) is 23.7 Å². The third-order valence-electron chi connectivity index (χ3n) is 7.34. The molecule has 13 heteroatoms. The average molecular weight is 722 g/mol. The first-order valence-corrected chi connectivity index (χ1v) is 15.2. The molecule has 0 atom stereocenters. The minimum absolute atomic E-state index is 0.00971. The molecule has 3 N–H and O–H groups in total. The van der Waals surface area contributed by atoms with Crippen LogP contribution >= 0.6 is 15.9 Å². The summed E-state index contributed by atoms with van der Waals surface area (Å²) in [5, 5.41) is 12.5. The lowest BCUT2D eigenvalue weighted by atomic mass is 10.0. The number of carboxylic acid groups (broad SMARTS) is 1. The van der Waals surface area contributed by atoms with Gasteiger partial charge in [-0.3, -0.25) is 14.4 Å². The largest absolute Gasteiger partial charge is 0.497 e. The van der Waals surface area contributed by atoms with E-state index in [1.807, 2.05) is 0 Å². The van der Waals surface area contributed by atoms with Crippen LogP contribution in [0.2, 0.25) is 0 Å². The van der Waals surface area contributed by atoms with Crippen LogP contribution in [0.5, 0.6) is 5.75 Å². The second-order valence-corrected chi connectivity index (χ2v) is 11.7. The van der Waals surface area contributed by atoms with Crippen molar-refractivity contribution in [2.24, 2.45) is 0 Å². The molecule has 1 heterocycles. The number of allylic oxidation sites excluding steroid dienone is 1. The maximum atomic E-state index is 13.6. The zero-order valence-corrected chi connectivity index (χ0v) is 27.0. The molecule has 0 bridgehead atoms. The summed E-state index contributed by atoms with van der Waals surface area (Å²) in [6, 6.07) is 21.9. The van der Waals surface area contributed by atoms with Crippen molar-refractivity contribution >= 4 is 44.5 Å². The number of carbonyl (C=O) groups excluding carboxylic acids is 1. The molecule has 0 radical (unpaired) electrons. The van der Waals surface area contributed by atoms with Crippen molar-refractivity contribution in [3.63, 3.8) is 0 Å². The molecule has 0 aliphatic heterocycles. The Morgan fingerprint density at radius 2 is 1.73 bits per heavy atom. The second-order valence-electron chi connectivity index (χ2n) is 10.8. The maximum Gasteiger partial charge on any atom is 0.416 e. The van der Waals surface area contributed by atoms with Crippen molar-refractivity contribution in [3.05, 3.63) is 134 Å². The molecule has 48 heavy (non-hydrogen) atoms. The van der Waals surface area contributed by atoms with E-state index < -0.39 is 35.7 Å². The van der Waals surface area contributed by atoms with E-state index in [-0.39, 0.29) is 41.2 Å². The molecule has 0 aliphatic rings. The van der Waals surface area contributed by atoms with Gasteiger partial charge in [-0.05, 0) is 71.8 Å². The van der Waals surface area contributed by atoms with E-state index in [4.69, 9.17) is 4.74 Å². The molecule has 0 saturated carbocycles. The summed E-state index contributed by atoms with van der Waals surface area (Å²) in [6.45, 7) is 3.19. The van der Waals surface area contributed by atoms with Gasteiger partial charge in [0.15, 0.2) is 0 Å². The monoisotopic (exact) mass is 720 g/mol. The Hall–Kier alpha value is -5.43. The summed E-state index contributed by atoms with van der Waals surface area (Å²) in [6.07, 6.45) is -4.71. The molecule has 0 unspecified atom stereocenters. The number of nitrogens with one attached hydrogen (secondary N) is 2. The number of halogens is 4. The zero-order chi connectivity index (χ0) is 34.6. The van der Waals surface area contributed by atoms with E-state index in [2.05, 4.69) is 37.8 Å². The highest BCUT2D eigenvalue weighted by molar-refractivity contribution is 9.10. The van der Waals surface area contributed by atoms with Crippen molar-refractivity contribution in [1.82, 2.24) is 14.9 Å². The molecular weight excluding hydrogens is 693 g/mol. The fraction of sp³-hybridized carbons (Fsp3) is 0.143. The fourth-order valence-electron chi connectivity index (χ4n) is 5.08. The molecule has 0 spiro atoms. The standard InChI is InChI=1S/C35H28BrF3N4O5/c1-20(15-24-8-13-27(48-2)17-28(24)35(37,38)39)40-26-11-6-23(7-12-26)34(47)43(19-31(44)45)18-21-3-14-29-30(16-21)42-33(46)32(41-29)22-4-9-25(36)10-5-22/h3-14,16-17,40H,1,15,18-19H2,2H3,(H,42,46)(H,44,45). The van der Waals surface area contributed by atoms with Crippen LogP contribution in [-0.2, 0) is 23.9 Å². The number of ether oxygens (including phenoxy) is 1. The summed E-state index contributed by atoms with van der Waals surface area (Å²) in [5.41, 5.74) is 2.12. The van der Waals surface area contributed by atoms with E-state index in [1.54, 1.807) is 54.6 Å². The van der Waals surface area contributed by atoms with Crippen LogP contribution in [-0.4, -0.2) is 45.5 Å². The number of H-pyrrole nitrogens is 1. The smallest absolute Gasteiger partial charge is 0.416 e. The quantitative estimate of drug-likeness (QED) is 0.131. The Bertz CT molecular complexity index is 2060. The number of amides is 1. The van der Waals surface area contributed by atoms with Crippen molar-refractivity contribution in [2.45, 2.75) is 19.1 Å². The van der Waals surface area contributed by atoms with Gasteiger partial charge in [-0.25, -0.2) is 4.98 Å². The van der Waals surface area contributed by atoms with Gasteiger partial charge >= 0.3 is 12.1 Å². The van der Waals surface area contributed by atoms with Gasteiger partial charge in [-0.2, -0.15) is 13.2 Å². The summed E-state index contributed by atoms with van der Waals surface area (Å²) in [4.78, 5) is 46.4. The highest BCUT2D eigenvalue weighted by Gasteiger charge is 2.34. The van der Waals surface area contributed by atoms with Gasteiger partial charge in [-0.15, -0.1) is 0 Å². The predicted octanol–water partition coefficient (Wildman–Crippen LogP) is 7.28. The van der Waals surface area contributed by atoms with Gasteiger partial charge in [0.1, 0.15) is 18.0 Å². The minimum Gasteiger partial charge on any atom is -0.497 e. The van der Waals surface area contributed by atoms with Crippen molar-refractivity contribution in [1.29, 1.82) is 0 Å². The number of hydrogen-bond acceptors (Lipinski definition) is 6. The molecule has 9 nitrogen and oxygen atoms in total. The Balaban J connectivity index is 1.30. The van der Waals surface area contributed by atoms with Crippen LogP contribution in [0.1, 0.15) is 27.0 Å². The van der Waals surface area contributed by atoms with Crippen LogP contribution in [0.3, 0.4) is 0 Å². The summed E-state index contributed by atoms with van der Waals surface area (Å²) >= 11 is 3.37. The molecule has 0 fully saturated rings. The first-order valence-electron chi connectivity index (χ1n) is 14.4. The topological polar surface area (TPSA) is 125 Å². The number of hydrogen-bond donors (Lipinski definition) is 3. The Morgan fingerprint density at radius 3 is 2.38 bits per heavy atom. The van der Waals surface area contributed by atoms with Crippen LogP contribution in [0.25, 0.3) is 22.3 Å². The highest BCUT2D eigenvalue weighted by atomic mass is 79.9. The number of aromatic amines is 1. The van der Waals surface area contributed by atoms with Crippen LogP contribution < -0.4 is 15.6 Å². The van der Waals surface area contributed by atoms with Gasteiger partial charge in [0.25, 0.3) is 11.5 Å². The molecule has 1 aromatic heterocycles. The molecule has 0 aliphatic carbocycles. The average Bonchev–Trinajstić information content (AvgIpc) is 3.04. The van der Waals surface area contributed by atoms with Crippen molar-refractivity contribution in [2.75, 3.05) is 19.0 Å². The summed E-state index contributed by atoms with van der Waals surface area (Å²) in [5.74, 6) is -1.70. The molecule has 1 amide bonds. The second kappa shape index (κ2) is 14.1. The van der Waals surface area contributed by atoms with E-state index in [0.717, 1.165) is 15.4 Å².